The Balaban J connectivity index is 1.15. The summed E-state index contributed by atoms with van der Waals surface area (Å²) >= 11 is 1.40. The second-order valence-electron chi connectivity index (χ2n) is 8.53. The van der Waals surface area contributed by atoms with E-state index >= 15 is 0 Å². The van der Waals surface area contributed by atoms with Gasteiger partial charge in [-0.3, -0.25) is 9.59 Å². The van der Waals surface area contributed by atoms with Crippen molar-refractivity contribution in [2.75, 3.05) is 31.6 Å². The molecule has 4 fully saturated rings. The molecule has 1 aromatic rings. The largest absolute Gasteiger partial charge is 0.375 e. The minimum absolute atomic E-state index is 0.0145. The van der Waals surface area contributed by atoms with E-state index in [9.17, 15) is 9.59 Å². The Bertz CT molecular complexity index is 762. The fourth-order valence-corrected chi connectivity index (χ4v) is 5.25. The molecular formula is C20H28N4O4S. The molecule has 2 amide bonds. The average molecular weight is 421 g/mol. The highest BCUT2D eigenvalue weighted by Crippen LogP contribution is 2.36. The van der Waals surface area contributed by atoms with Crippen LogP contribution in [0.15, 0.2) is 6.20 Å². The predicted molar refractivity (Wildman–Crippen MR) is 108 cm³/mol. The van der Waals surface area contributed by atoms with Crippen LogP contribution in [0.4, 0.5) is 5.13 Å². The summed E-state index contributed by atoms with van der Waals surface area (Å²) in [7, 11) is 0. The highest BCUT2D eigenvalue weighted by atomic mass is 32.1. The summed E-state index contributed by atoms with van der Waals surface area (Å²) < 4.78 is 11.9. The first kappa shape index (κ1) is 19.3. The van der Waals surface area contributed by atoms with Crippen LogP contribution in [0.1, 0.15) is 54.6 Å². The van der Waals surface area contributed by atoms with Crippen molar-refractivity contribution >= 4 is 28.3 Å². The highest BCUT2D eigenvalue weighted by Gasteiger charge is 2.51. The first-order valence-electron chi connectivity index (χ1n) is 10.7. The number of carbonyl (C=O) groups excluding carboxylic acids is 2. The molecule has 0 radical (unpaired) electrons. The normalized spacial score (nSPS) is 30.1. The van der Waals surface area contributed by atoms with Crippen LogP contribution in [0, 0.1) is 0 Å². The second kappa shape index (κ2) is 7.85. The summed E-state index contributed by atoms with van der Waals surface area (Å²) in [6, 6.07) is 0.485. The fraction of sp³-hybridized carbons (Fsp3) is 0.750. The molecule has 2 unspecified atom stereocenters. The van der Waals surface area contributed by atoms with Gasteiger partial charge >= 0.3 is 0 Å². The first-order chi connectivity index (χ1) is 14.1. The molecule has 5 rings (SSSR count). The molecule has 4 aliphatic rings. The number of thiazole rings is 1. The van der Waals surface area contributed by atoms with Crippen molar-refractivity contribution in [1.82, 2.24) is 15.2 Å². The number of likely N-dealkylation sites (tertiary alicyclic amines) is 1. The summed E-state index contributed by atoms with van der Waals surface area (Å²) in [5.74, 6) is -0.0907. The smallest absolute Gasteiger partial charge is 0.265 e. The average Bonchev–Trinajstić information content (AvgIpc) is 3.19. The van der Waals surface area contributed by atoms with Crippen molar-refractivity contribution in [2.45, 2.75) is 68.7 Å². The predicted octanol–water partition coefficient (Wildman–Crippen LogP) is 1.78. The molecular weight excluding hydrogens is 392 g/mol. The molecule has 1 saturated carbocycles. The summed E-state index contributed by atoms with van der Waals surface area (Å²) in [5, 5.41) is 7.25. The molecule has 1 aliphatic carbocycles. The van der Waals surface area contributed by atoms with Crippen LogP contribution in [0.2, 0.25) is 0 Å². The van der Waals surface area contributed by atoms with Gasteiger partial charge in [0.05, 0.1) is 18.3 Å². The van der Waals surface area contributed by atoms with Crippen molar-refractivity contribution in [1.29, 1.82) is 0 Å². The Labute approximate surface area is 174 Å². The summed E-state index contributed by atoms with van der Waals surface area (Å²) in [6.45, 7) is 2.34. The molecule has 2 N–H and O–H groups in total. The van der Waals surface area contributed by atoms with Gasteiger partial charge in [0.1, 0.15) is 4.88 Å². The number of rotatable bonds is 6. The standard InChI is InChI=1S/C20H28N4O4S/c25-17(15-10-21-19(29-15)23-13-5-6-13)24-11-14(12-24)22-18(26)20(7-3-9-28-20)16-4-1-2-8-27-16/h10,13-14,16H,1-9,11-12H2,(H,21,23)(H,22,26). The van der Waals surface area contributed by atoms with Gasteiger partial charge in [0, 0.05) is 32.3 Å². The molecule has 2 atom stereocenters. The lowest BCUT2D eigenvalue weighted by Crippen LogP contribution is -2.65. The molecule has 3 saturated heterocycles. The molecule has 3 aliphatic heterocycles. The summed E-state index contributed by atoms with van der Waals surface area (Å²) in [4.78, 5) is 32.4. The van der Waals surface area contributed by atoms with Gasteiger partial charge in [0.2, 0.25) is 0 Å². The van der Waals surface area contributed by atoms with Crippen LogP contribution in [-0.4, -0.2) is 71.8 Å². The van der Waals surface area contributed by atoms with E-state index in [1.807, 2.05) is 0 Å². The molecule has 29 heavy (non-hydrogen) atoms. The Kier molecular flexibility index (Phi) is 5.21. The third kappa shape index (κ3) is 3.87. The van der Waals surface area contributed by atoms with E-state index in [2.05, 4.69) is 15.6 Å². The van der Waals surface area contributed by atoms with E-state index in [1.165, 1.54) is 24.2 Å². The van der Waals surface area contributed by atoms with Crippen LogP contribution in [0.3, 0.4) is 0 Å². The van der Waals surface area contributed by atoms with Gasteiger partial charge in [-0.1, -0.05) is 11.3 Å². The molecule has 8 nitrogen and oxygen atoms in total. The van der Waals surface area contributed by atoms with Crippen molar-refractivity contribution in [3.63, 3.8) is 0 Å². The lowest BCUT2D eigenvalue weighted by Gasteiger charge is -2.43. The maximum atomic E-state index is 13.1. The zero-order chi connectivity index (χ0) is 19.8. The van der Waals surface area contributed by atoms with Crippen LogP contribution < -0.4 is 10.6 Å². The van der Waals surface area contributed by atoms with Crippen molar-refractivity contribution < 1.29 is 19.1 Å². The molecule has 0 aromatic carbocycles. The number of nitrogens with one attached hydrogen (secondary N) is 2. The Hall–Kier alpha value is -1.71. The lowest BCUT2D eigenvalue weighted by molar-refractivity contribution is -0.169. The van der Waals surface area contributed by atoms with E-state index in [0.29, 0.717) is 43.6 Å². The number of hydrogen-bond acceptors (Lipinski definition) is 7. The number of anilines is 1. The highest BCUT2D eigenvalue weighted by molar-refractivity contribution is 7.17. The molecule has 0 bridgehead atoms. The monoisotopic (exact) mass is 420 g/mol. The summed E-state index contributed by atoms with van der Waals surface area (Å²) in [6.07, 6.45) is 8.40. The van der Waals surface area contributed by atoms with Crippen LogP contribution in [-0.2, 0) is 14.3 Å². The topological polar surface area (TPSA) is 92.8 Å². The fourth-order valence-electron chi connectivity index (χ4n) is 4.39. The van der Waals surface area contributed by atoms with Crippen LogP contribution in [0.25, 0.3) is 0 Å². The van der Waals surface area contributed by atoms with E-state index in [0.717, 1.165) is 30.8 Å². The van der Waals surface area contributed by atoms with E-state index < -0.39 is 5.60 Å². The second-order valence-corrected chi connectivity index (χ2v) is 9.56. The van der Waals surface area contributed by atoms with Gasteiger partial charge in [0.15, 0.2) is 10.7 Å². The van der Waals surface area contributed by atoms with E-state index in [1.54, 1.807) is 11.1 Å². The molecule has 9 heteroatoms. The Morgan fingerprint density at radius 2 is 2.00 bits per heavy atom. The quantitative estimate of drug-likeness (QED) is 0.729. The van der Waals surface area contributed by atoms with Gasteiger partial charge in [-0.15, -0.1) is 0 Å². The minimum Gasteiger partial charge on any atom is -0.375 e. The third-order valence-electron chi connectivity index (χ3n) is 6.26. The molecule has 158 valence electrons. The van der Waals surface area contributed by atoms with Crippen LogP contribution >= 0.6 is 11.3 Å². The maximum absolute atomic E-state index is 13.1. The number of aromatic nitrogens is 1. The molecule has 4 heterocycles. The van der Waals surface area contributed by atoms with Gasteiger partial charge < -0.3 is 25.0 Å². The third-order valence-corrected chi connectivity index (χ3v) is 7.18. The van der Waals surface area contributed by atoms with Crippen LogP contribution in [0.5, 0.6) is 0 Å². The number of carbonyl (C=O) groups is 2. The van der Waals surface area contributed by atoms with Crippen molar-refractivity contribution in [2.24, 2.45) is 0 Å². The van der Waals surface area contributed by atoms with E-state index in [4.69, 9.17) is 9.47 Å². The van der Waals surface area contributed by atoms with Gasteiger partial charge in [-0.2, -0.15) is 0 Å². The number of hydrogen-bond donors (Lipinski definition) is 2. The lowest BCUT2D eigenvalue weighted by atomic mass is 9.87. The van der Waals surface area contributed by atoms with Crippen molar-refractivity contribution in [3.05, 3.63) is 11.1 Å². The van der Waals surface area contributed by atoms with Gasteiger partial charge in [-0.05, 0) is 44.9 Å². The maximum Gasteiger partial charge on any atom is 0.265 e. The Morgan fingerprint density at radius 3 is 2.69 bits per heavy atom. The zero-order valence-electron chi connectivity index (χ0n) is 16.5. The molecule has 1 aromatic heterocycles. The first-order valence-corrected chi connectivity index (χ1v) is 11.5. The van der Waals surface area contributed by atoms with Crippen molar-refractivity contribution in [3.8, 4) is 0 Å². The number of amides is 2. The van der Waals surface area contributed by atoms with E-state index in [-0.39, 0.29) is 24.0 Å². The molecule has 0 spiro atoms. The SMILES string of the molecule is O=C(c1cnc(NC2CC2)s1)N1CC(NC(=O)C2(C3CCCCO3)CCCO2)C1. The zero-order valence-corrected chi connectivity index (χ0v) is 17.3. The number of nitrogens with zero attached hydrogens (tertiary/aromatic N) is 2. The van der Waals surface area contributed by atoms with Gasteiger partial charge in [0.25, 0.3) is 11.8 Å². The minimum atomic E-state index is -0.855. The Morgan fingerprint density at radius 1 is 1.14 bits per heavy atom. The van der Waals surface area contributed by atoms with Gasteiger partial charge in [-0.25, -0.2) is 4.98 Å². The summed E-state index contributed by atoms with van der Waals surface area (Å²) in [5.41, 5.74) is -0.855. The number of ether oxygens (including phenoxy) is 2.